The van der Waals surface area contributed by atoms with Gasteiger partial charge in [-0.3, -0.25) is 0 Å². The van der Waals surface area contributed by atoms with Crippen molar-refractivity contribution in [1.29, 1.82) is 0 Å². The van der Waals surface area contributed by atoms with Gasteiger partial charge in [0.15, 0.2) is 0 Å². The van der Waals surface area contributed by atoms with Gasteiger partial charge in [-0.2, -0.15) is 0 Å². The third-order valence-electron chi connectivity index (χ3n) is 2.74. The smallest absolute Gasteiger partial charge is 0.144 e. The molecule has 3 nitrogen and oxygen atoms in total. The van der Waals surface area contributed by atoms with Gasteiger partial charge in [0.1, 0.15) is 17.1 Å². The standard InChI is InChI=1S/C13H12N2OS/c1-16-12-5-2-6-15-11(12)9-14-13(15)8-10-4-3-7-17-10/h2-7,9H,8H2,1H3. The zero-order chi connectivity index (χ0) is 11.7. The Morgan fingerprint density at radius 1 is 1.35 bits per heavy atom. The number of methoxy groups -OCH3 is 1. The molecule has 0 aromatic carbocycles. The van der Waals surface area contributed by atoms with Crippen LogP contribution in [0.5, 0.6) is 5.75 Å². The first kappa shape index (κ1) is 10.4. The predicted molar refractivity (Wildman–Crippen MR) is 68.9 cm³/mol. The highest BCUT2D eigenvalue weighted by Crippen LogP contribution is 2.22. The summed E-state index contributed by atoms with van der Waals surface area (Å²) in [6, 6.07) is 8.12. The van der Waals surface area contributed by atoms with Gasteiger partial charge in [-0.1, -0.05) is 6.07 Å². The minimum atomic E-state index is 0.859. The van der Waals surface area contributed by atoms with E-state index in [-0.39, 0.29) is 0 Å². The van der Waals surface area contributed by atoms with Crippen LogP contribution < -0.4 is 4.74 Å². The van der Waals surface area contributed by atoms with E-state index in [0.29, 0.717) is 0 Å². The first-order valence-electron chi connectivity index (χ1n) is 5.40. The fourth-order valence-electron chi connectivity index (χ4n) is 1.92. The molecule has 0 amide bonds. The van der Waals surface area contributed by atoms with Crippen molar-refractivity contribution in [3.63, 3.8) is 0 Å². The molecule has 0 aliphatic carbocycles. The minimum absolute atomic E-state index is 0.859. The molecule has 3 aromatic rings. The van der Waals surface area contributed by atoms with Crippen LogP contribution in [0.1, 0.15) is 10.7 Å². The lowest BCUT2D eigenvalue weighted by molar-refractivity contribution is 0.418. The van der Waals surface area contributed by atoms with E-state index in [1.807, 2.05) is 24.5 Å². The van der Waals surface area contributed by atoms with E-state index in [9.17, 15) is 0 Å². The average Bonchev–Trinajstić information content (AvgIpc) is 2.99. The van der Waals surface area contributed by atoms with Crippen LogP contribution in [0.3, 0.4) is 0 Å². The zero-order valence-electron chi connectivity index (χ0n) is 9.46. The van der Waals surface area contributed by atoms with Gasteiger partial charge >= 0.3 is 0 Å². The molecule has 3 aromatic heterocycles. The van der Waals surface area contributed by atoms with Crippen LogP contribution in [0.4, 0.5) is 0 Å². The lowest BCUT2D eigenvalue weighted by Crippen LogP contribution is -1.95. The second-order valence-corrected chi connectivity index (χ2v) is 4.79. The summed E-state index contributed by atoms with van der Waals surface area (Å²) >= 11 is 1.76. The molecule has 0 unspecified atom stereocenters. The van der Waals surface area contributed by atoms with Crippen LogP contribution in [0, 0.1) is 0 Å². The van der Waals surface area contributed by atoms with Gasteiger partial charge in [0.2, 0.25) is 0 Å². The molecule has 0 saturated heterocycles. The zero-order valence-corrected chi connectivity index (χ0v) is 10.3. The average molecular weight is 244 g/mol. The van der Waals surface area contributed by atoms with Crippen LogP contribution >= 0.6 is 11.3 Å². The number of thiophene rings is 1. The molecule has 0 atom stereocenters. The van der Waals surface area contributed by atoms with Crippen molar-refractivity contribution >= 4 is 16.9 Å². The monoisotopic (exact) mass is 244 g/mol. The molecule has 0 aliphatic heterocycles. The summed E-state index contributed by atoms with van der Waals surface area (Å²) in [4.78, 5) is 5.79. The van der Waals surface area contributed by atoms with Crippen molar-refractivity contribution in [3.05, 3.63) is 52.7 Å². The maximum absolute atomic E-state index is 5.32. The minimum Gasteiger partial charge on any atom is -0.494 e. The van der Waals surface area contributed by atoms with Crippen molar-refractivity contribution < 1.29 is 4.74 Å². The molecule has 0 radical (unpaired) electrons. The molecular formula is C13H12N2OS. The number of hydrogen-bond acceptors (Lipinski definition) is 3. The molecule has 3 heterocycles. The summed E-state index contributed by atoms with van der Waals surface area (Å²) in [6.45, 7) is 0. The van der Waals surface area contributed by atoms with Crippen molar-refractivity contribution in [2.24, 2.45) is 0 Å². The second kappa shape index (κ2) is 4.22. The van der Waals surface area contributed by atoms with E-state index < -0.39 is 0 Å². The van der Waals surface area contributed by atoms with Crippen LogP contribution in [0.25, 0.3) is 5.52 Å². The lowest BCUT2D eigenvalue weighted by atomic mass is 10.3. The first-order valence-corrected chi connectivity index (χ1v) is 6.28. The van der Waals surface area contributed by atoms with Crippen molar-refractivity contribution in [1.82, 2.24) is 9.38 Å². The Morgan fingerprint density at radius 2 is 2.29 bits per heavy atom. The number of hydrogen-bond donors (Lipinski definition) is 0. The SMILES string of the molecule is COc1cccn2c(Cc3cccs3)ncc12. The summed E-state index contributed by atoms with van der Waals surface area (Å²) in [6.07, 6.45) is 4.74. The topological polar surface area (TPSA) is 26.5 Å². The predicted octanol–water partition coefficient (Wildman–Crippen LogP) is 3.00. The van der Waals surface area contributed by atoms with Gasteiger partial charge in [-0.15, -0.1) is 11.3 Å². The molecule has 0 bridgehead atoms. The van der Waals surface area contributed by atoms with E-state index >= 15 is 0 Å². The van der Waals surface area contributed by atoms with E-state index in [1.165, 1.54) is 4.88 Å². The Hall–Kier alpha value is -1.81. The number of imidazole rings is 1. The Labute approximate surface area is 103 Å². The van der Waals surface area contributed by atoms with Crippen LogP contribution in [-0.4, -0.2) is 16.5 Å². The highest BCUT2D eigenvalue weighted by molar-refractivity contribution is 7.09. The summed E-state index contributed by atoms with van der Waals surface area (Å²) < 4.78 is 7.40. The molecular weight excluding hydrogens is 232 g/mol. The number of nitrogens with zero attached hydrogens (tertiary/aromatic N) is 2. The molecule has 17 heavy (non-hydrogen) atoms. The third-order valence-corrected chi connectivity index (χ3v) is 3.62. The number of rotatable bonds is 3. The van der Waals surface area contributed by atoms with Gasteiger partial charge in [-0.25, -0.2) is 4.98 Å². The summed E-state index contributed by atoms with van der Waals surface area (Å²) in [5, 5.41) is 2.09. The highest BCUT2D eigenvalue weighted by atomic mass is 32.1. The molecule has 0 aliphatic rings. The van der Waals surface area contributed by atoms with Crippen LogP contribution in [-0.2, 0) is 6.42 Å². The number of aromatic nitrogens is 2. The Morgan fingerprint density at radius 3 is 3.06 bits per heavy atom. The number of ether oxygens (including phenoxy) is 1. The summed E-state index contributed by atoms with van der Waals surface area (Å²) in [5.41, 5.74) is 1.02. The molecule has 3 rings (SSSR count). The summed E-state index contributed by atoms with van der Waals surface area (Å²) in [7, 11) is 1.68. The highest BCUT2D eigenvalue weighted by Gasteiger charge is 2.08. The molecule has 0 spiro atoms. The third kappa shape index (κ3) is 1.80. The lowest BCUT2D eigenvalue weighted by Gasteiger charge is -2.03. The van der Waals surface area contributed by atoms with Gasteiger partial charge in [0, 0.05) is 17.5 Å². The van der Waals surface area contributed by atoms with Gasteiger partial charge in [0.05, 0.1) is 13.3 Å². The Balaban J connectivity index is 2.06. The largest absolute Gasteiger partial charge is 0.494 e. The van der Waals surface area contributed by atoms with E-state index in [2.05, 4.69) is 26.9 Å². The molecule has 0 saturated carbocycles. The number of pyridine rings is 1. The molecule has 0 fully saturated rings. The van der Waals surface area contributed by atoms with E-state index in [1.54, 1.807) is 18.4 Å². The van der Waals surface area contributed by atoms with E-state index in [4.69, 9.17) is 4.74 Å². The quantitative estimate of drug-likeness (QED) is 0.708. The van der Waals surface area contributed by atoms with Gasteiger partial charge < -0.3 is 9.14 Å². The van der Waals surface area contributed by atoms with Crippen LogP contribution in [0.15, 0.2) is 42.0 Å². The molecule has 0 N–H and O–H groups in total. The fraction of sp³-hybridized carbons (Fsp3) is 0.154. The molecule has 4 heteroatoms. The van der Waals surface area contributed by atoms with Crippen molar-refractivity contribution in [2.45, 2.75) is 6.42 Å². The second-order valence-electron chi connectivity index (χ2n) is 3.76. The van der Waals surface area contributed by atoms with Gasteiger partial charge in [0.25, 0.3) is 0 Å². The van der Waals surface area contributed by atoms with E-state index in [0.717, 1.165) is 23.5 Å². The Bertz CT molecular complexity index is 628. The van der Waals surface area contributed by atoms with Crippen molar-refractivity contribution in [2.75, 3.05) is 7.11 Å². The number of fused-ring (bicyclic) bond motifs is 1. The van der Waals surface area contributed by atoms with Gasteiger partial charge in [-0.05, 0) is 23.6 Å². The van der Waals surface area contributed by atoms with Crippen LogP contribution in [0.2, 0.25) is 0 Å². The maximum Gasteiger partial charge on any atom is 0.144 e. The first-order chi connectivity index (χ1) is 8.38. The Kier molecular flexibility index (Phi) is 2.57. The summed E-state index contributed by atoms with van der Waals surface area (Å²) in [5.74, 6) is 1.90. The normalized spacial score (nSPS) is 10.9. The fourth-order valence-corrected chi connectivity index (χ4v) is 2.62. The maximum atomic E-state index is 5.32. The van der Waals surface area contributed by atoms with Crippen molar-refractivity contribution in [3.8, 4) is 5.75 Å². The molecule has 86 valence electrons.